The van der Waals surface area contributed by atoms with E-state index in [1.165, 1.54) is 12.5 Å². The van der Waals surface area contributed by atoms with Crippen molar-refractivity contribution in [3.8, 4) is 0 Å². The Labute approximate surface area is 232 Å². The van der Waals surface area contributed by atoms with Crippen LogP contribution < -0.4 is 10.6 Å². The van der Waals surface area contributed by atoms with E-state index in [0.717, 1.165) is 31.3 Å². The third-order valence-electron chi connectivity index (χ3n) is 7.85. The van der Waals surface area contributed by atoms with E-state index in [9.17, 15) is 14.0 Å². The first kappa shape index (κ1) is 27.7. The van der Waals surface area contributed by atoms with Gasteiger partial charge in [-0.15, -0.1) is 5.10 Å². The smallest absolute Gasteiger partial charge is 0.273 e. The fourth-order valence-electron chi connectivity index (χ4n) is 5.60. The van der Waals surface area contributed by atoms with Gasteiger partial charge in [0, 0.05) is 24.4 Å². The number of aromatic amines is 1. The van der Waals surface area contributed by atoms with Crippen LogP contribution in [0, 0.1) is 17.2 Å². The normalized spacial score (nSPS) is 18.9. The molecule has 0 radical (unpaired) electrons. The summed E-state index contributed by atoms with van der Waals surface area (Å²) in [7, 11) is 0. The molecule has 3 N–H and O–H groups in total. The maximum Gasteiger partial charge on any atom is 0.273 e. The number of fused-ring (bicyclic) bond motifs is 1. The van der Waals surface area contributed by atoms with Gasteiger partial charge in [-0.3, -0.25) is 14.3 Å². The molecule has 2 heterocycles. The number of allylic oxidation sites excluding steroid dienone is 2. The molecule has 0 bridgehead atoms. The molecule has 2 atom stereocenters. The molecule has 10 nitrogen and oxygen atoms in total. The third-order valence-corrected chi connectivity index (χ3v) is 7.85. The summed E-state index contributed by atoms with van der Waals surface area (Å²) in [6, 6.07) is 3.87. The number of H-pyrrole nitrogens is 1. The van der Waals surface area contributed by atoms with Crippen LogP contribution in [0.15, 0.2) is 42.0 Å². The van der Waals surface area contributed by atoms with Crippen LogP contribution in [0.4, 0.5) is 4.39 Å². The molecule has 11 heteroatoms. The van der Waals surface area contributed by atoms with Crippen molar-refractivity contribution in [3.05, 3.63) is 59.3 Å². The number of halogens is 1. The first-order chi connectivity index (χ1) is 19.2. The summed E-state index contributed by atoms with van der Waals surface area (Å²) in [6.07, 6.45) is 12.4. The summed E-state index contributed by atoms with van der Waals surface area (Å²) in [6.45, 7) is 6.58. The second-order valence-corrected chi connectivity index (χ2v) is 11.9. The molecule has 2 aliphatic carbocycles. The van der Waals surface area contributed by atoms with Gasteiger partial charge in [0.15, 0.2) is 11.5 Å². The van der Waals surface area contributed by atoms with Crippen molar-refractivity contribution in [1.82, 2.24) is 41.0 Å². The Morgan fingerprint density at radius 1 is 1.20 bits per heavy atom. The average molecular weight is 549 g/mol. The fourth-order valence-corrected chi connectivity index (χ4v) is 5.60. The number of rotatable bonds is 8. The van der Waals surface area contributed by atoms with E-state index >= 15 is 0 Å². The van der Waals surface area contributed by atoms with Gasteiger partial charge in [0.05, 0.1) is 0 Å². The maximum atomic E-state index is 15.0. The van der Waals surface area contributed by atoms with Crippen LogP contribution in [-0.2, 0) is 11.3 Å². The predicted octanol–water partition coefficient (Wildman–Crippen LogP) is 4.20. The van der Waals surface area contributed by atoms with E-state index in [2.05, 4.69) is 36.4 Å². The van der Waals surface area contributed by atoms with E-state index in [1.54, 1.807) is 16.8 Å². The Morgan fingerprint density at radius 2 is 2.00 bits per heavy atom. The van der Waals surface area contributed by atoms with E-state index < -0.39 is 23.2 Å². The minimum absolute atomic E-state index is 0.0636. The van der Waals surface area contributed by atoms with Crippen molar-refractivity contribution in [2.24, 2.45) is 11.3 Å². The highest BCUT2D eigenvalue weighted by molar-refractivity contribution is 6.06. The van der Waals surface area contributed by atoms with Crippen LogP contribution in [0.3, 0.4) is 0 Å². The van der Waals surface area contributed by atoms with Crippen molar-refractivity contribution in [3.63, 3.8) is 0 Å². The van der Waals surface area contributed by atoms with Gasteiger partial charge in [-0.2, -0.15) is 5.10 Å². The van der Waals surface area contributed by atoms with E-state index in [0.29, 0.717) is 42.2 Å². The number of aromatic nitrogens is 6. The molecule has 1 fully saturated rings. The minimum atomic E-state index is -0.826. The van der Waals surface area contributed by atoms with Crippen molar-refractivity contribution >= 4 is 22.7 Å². The number of nitrogens with zero attached hydrogens (tertiary/aromatic N) is 5. The largest absolute Gasteiger partial charge is 0.350 e. The lowest BCUT2D eigenvalue weighted by atomic mass is 9.86. The summed E-state index contributed by atoms with van der Waals surface area (Å²) >= 11 is 0. The van der Waals surface area contributed by atoms with E-state index in [-0.39, 0.29) is 17.5 Å². The number of amides is 2. The maximum absolute atomic E-state index is 15.0. The number of para-hydroxylation sites is 1. The zero-order valence-corrected chi connectivity index (χ0v) is 23.3. The number of hydrogen-bond donors (Lipinski definition) is 3. The number of tetrazole rings is 1. The molecule has 1 aromatic carbocycles. The summed E-state index contributed by atoms with van der Waals surface area (Å²) in [5.74, 6) is -0.0255. The average Bonchev–Trinajstić information content (AvgIpc) is 3.60. The van der Waals surface area contributed by atoms with Crippen LogP contribution in [0.2, 0.25) is 0 Å². The van der Waals surface area contributed by atoms with Crippen molar-refractivity contribution in [1.29, 1.82) is 0 Å². The first-order valence-electron chi connectivity index (χ1n) is 14.0. The molecule has 40 heavy (non-hydrogen) atoms. The molecule has 0 spiro atoms. The van der Waals surface area contributed by atoms with Crippen LogP contribution in [-0.4, -0.2) is 54.8 Å². The van der Waals surface area contributed by atoms with Gasteiger partial charge in [0.2, 0.25) is 5.91 Å². The molecule has 1 saturated carbocycles. The number of nitrogens with one attached hydrogen (secondary N) is 3. The molecule has 212 valence electrons. The van der Waals surface area contributed by atoms with Crippen LogP contribution >= 0.6 is 0 Å². The fraction of sp³-hybridized carbons (Fsp3) is 0.517. The Balaban J connectivity index is 1.29. The van der Waals surface area contributed by atoms with Gasteiger partial charge < -0.3 is 10.6 Å². The molecule has 5 rings (SSSR count). The van der Waals surface area contributed by atoms with Gasteiger partial charge in [-0.05, 0) is 52.7 Å². The SMILES string of the molecule is CC(C)(C)[C@H](NC(=O)c1nn(CC2CCCCC2)c2c(F)cccc12)C(=O)NCC1=CCC(c2nnn[nH]2)C=C1. The number of benzene rings is 1. The number of carbonyl (C=O) groups is 2. The number of carbonyl (C=O) groups excluding carboxylic acids is 2. The van der Waals surface area contributed by atoms with Gasteiger partial charge >= 0.3 is 0 Å². The summed E-state index contributed by atoms with van der Waals surface area (Å²) in [5, 5.41) is 24.9. The van der Waals surface area contributed by atoms with E-state index in [1.807, 2.05) is 39.0 Å². The lowest BCUT2D eigenvalue weighted by Gasteiger charge is -2.30. The van der Waals surface area contributed by atoms with E-state index in [4.69, 9.17) is 0 Å². The van der Waals surface area contributed by atoms with Crippen molar-refractivity contribution in [2.45, 2.75) is 77.8 Å². The molecule has 0 saturated heterocycles. The molecular weight excluding hydrogens is 511 g/mol. The monoisotopic (exact) mass is 548 g/mol. The lowest BCUT2D eigenvalue weighted by molar-refractivity contribution is -0.125. The van der Waals surface area contributed by atoms with Gasteiger partial charge in [-0.25, -0.2) is 9.49 Å². The molecular formula is C29H37FN8O2. The Morgan fingerprint density at radius 3 is 2.67 bits per heavy atom. The molecule has 1 unspecified atom stereocenters. The highest BCUT2D eigenvalue weighted by atomic mass is 19.1. The Hall–Kier alpha value is -3.89. The summed E-state index contributed by atoms with van der Waals surface area (Å²) < 4.78 is 16.6. The highest BCUT2D eigenvalue weighted by Crippen LogP contribution is 2.29. The number of hydrogen-bond acceptors (Lipinski definition) is 6. The Bertz CT molecular complexity index is 1410. The second kappa shape index (κ2) is 11.7. The van der Waals surface area contributed by atoms with Crippen LogP contribution in [0.5, 0.6) is 0 Å². The summed E-state index contributed by atoms with van der Waals surface area (Å²) in [4.78, 5) is 26.9. The van der Waals surface area contributed by atoms with Crippen molar-refractivity contribution < 1.29 is 14.0 Å². The minimum Gasteiger partial charge on any atom is -0.350 e. The Kier molecular flexibility index (Phi) is 8.09. The zero-order chi connectivity index (χ0) is 28.3. The predicted molar refractivity (Wildman–Crippen MR) is 149 cm³/mol. The molecule has 2 aromatic heterocycles. The van der Waals surface area contributed by atoms with Gasteiger partial charge in [0.25, 0.3) is 5.91 Å². The quantitative estimate of drug-likeness (QED) is 0.387. The zero-order valence-electron chi connectivity index (χ0n) is 23.3. The van der Waals surface area contributed by atoms with Crippen LogP contribution in [0.1, 0.15) is 81.5 Å². The molecule has 2 aliphatic rings. The standard InChI is InChI=1S/C29H37FN8O2/c1-29(2,3)25(28(40)31-16-18-12-14-20(15-13-18)26-33-36-37-34-26)32-27(39)23-21-10-7-11-22(30)24(21)38(35-23)17-19-8-5-4-6-9-19/h7,10-14,19-20,25H,4-6,8-9,15-17H2,1-3H3,(H,31,40)(H,32,39)(H,33,34,36,37)/t20?,25-/m1/s1. The van der Waals surface area contributed by atoms with Gasteiger partial charge in [0.1, 0.15) is 17.4 Å². The van der Waals surface area contributed by atoms with Gasteiger partial charge in [-0.1, -0.05) is 70.4 Å². The second-order valence-electron chi connectivity index (χ2n) is 11.9. The first-order valence-corrected chi connectivity index (χ1v) is 14.0. The van der Waals surface area contributed by atoms with Crippen LogP contribution in [0.25, 0.3) is 10.9 Å². The molecule has 2 amide bonds. The molecule has 3 aromatic rings. The third kappa shape index (κ3) is 6.13. The topological polar surface area (TPSA) is 130 Å². The summed E-state index contributed by atoms with van der Waals surface area (Å²) in [5.41, 5.74) is 0.856. The highest BCUT2D eigenvalue weighted by Gasteiger charge is 2.34. The molecule has 0 aliphatic heterocycles. The van der Waals surface area contributed by atoms with Crippen molar-refractivity contribution in [2.75, 3.05) is 6.54 Å². The lowest BCUT2D eigenvalue weighted by Crippen LogP contribution is -2.54.